The van der Waals surface area contributed by atoms with Crippen molar-refractivity contribution in [2.24, 2.45) is 0 Å². The van der Waals surface area contributed by atoms with Crippen LogP contribution in [0.2, 0.25) is 0 Å². The molecule has 1 heterocycles. The molecule has 0 saturated heterocycles. The molecule has 0 saturated carbocycles. The highest BCUT2D eigenvalue weighted by Crippen LogP contribution is 2.12. The van der Waals surface area contributed by atoms with Gasteiger partial charge < -0.3 is 0 Å². The van der Waals surface area contributed by atoms with E-state index in [2.05, 4.69) is 18.8 Å². The van der Waals surface area contributed by atoms with Gasteiger partial charge >= 0.3 is 0 Å². The second-order valence-corrected chi connectivity index (χ2v) is 4.19. The summed E-state index contributed by atoms with van der Waals surface area (Å²) in [5.74, 6) is 6.19. The number of rotatable bonds is 4. The minimum Gasteiger partial charge on any atom is -0.297 e. The molecule has 0 aliphatic rings. The monoisotopic (exact) mass is 206 g/mol. The largest absolute Gasteiger partial charge is 0.297 e. The Morgan fingerprint density at radius 3 is 2.93 bits per heavy atom. The maximum Gasteiger partial charge on any atom is 0.160 e. The van der Waals surface area contributed by atoms with Gasteiger partial charge in [0.1, 0.15) is 0 Å². The number of thiophene rings is 1. The van der Waals surface area contributed by atoms with Crippen LogP contribution in [-0.4, -0.2) is 6.29 Å². The molecule has 1 nitrogen and oxygen atoms in total. The topological polar surface area (TPSA) is 17.1 Å². The van der Waals surface area contributed by atoms with Gasteiger partial charge in [0.05, 0.1) is 9.75 Å². The van der Waals surface area contributed by atoms with E-state index in [1.807, 2.05) is 12.1 Å². The molecule has 0 unspecified atom stereocenters. The fourth-order valence-corrected chi connectivity index (χ4v) is 1.79. The summed E-state index contributed by atoms with van der Waals surface area (Å²) in [4.78, 5) is 12.1. The summed E-state index contributed by atoms with van der Waals surface area (Å²) in [5, 5.41) is 0. The molecule has 0 aliphatic carbocycles. The summed E-state index contributed by atoms with van der Waals surface area (Å²) >= 11 is 1.45. The van der Waals surface area contributed by atoms with Crippen molar-refractivity contribution in [2.75, 3.05) is 0 Å². The zero-order valence-corrected chi connectivity index (χ0v) is 9.19. The molecule has 1 aromatic rings. The van der Waals surface area contributed by atoms with Crippen LogP contribution in [-0.2, 0) is 0 Å². The summed E-state index contributed by atoms with van der Waals surface area (Å²) in [7, 11) is 0. The summed E-state index contributed by atoms with van der Waals surface area (Å²) in [5.41, 5.74) is 0. The Morgan fingerprint density at radius 2 is 2.29 bits per heavy atom. The first kappa shape index (κ1) is 11.0. The number of aldehydes is 1. The molecule has 0 atom stereocenters. The van der Waals surface area contributed by atoms with E-state index in [0.717, 1.165) is 22.5 Å². The predicted molar refractivity (Wildman–Crippen MR) is 60.7 cm³/mol. The van der Waals surface area contributed by atoms with Gasteiger partial charge in [-0.3, -0.25) is 4.79 Å². The Balaban J connectivity index is 2.38. The van der Waals surface area contributed by atoms with Gasteiger partial charge in [0.2, 0.25) is 0 Å². The maximum atomic E-state index is 10.4. The Hall–Kier alpha value is -1.07. The van der Waals surface area contributed by atoms with Crippen molar-refractivity contribution in [3.8, 4) is 11.8 Å². The van der Waals surface area contributed by atoms with Gasteiger partial charge in [0.15, 0.2) is 6.29 Å². The van der Waals surface area contributed by atoms with E-state index in [9.17, 15) is 4.79 Å². The smallest absolute Gasteiger partial charge is 0.160 e. The van der Waals surface area contributed by atoms with Crippen LogP contribution in [0.1, 0.15) is 47.2 Å². The van der Waals surface area contributed by atoms with Crippen LogP contribution >= 0.6 is 11.3 Å². The van der Waals surface area contributed by atoms with Crippen LogP contribution in [0.5, 0.6) is 0 Å². The van der Waals surface area contributed by atoms with Crippen molar-refractivity contribution in [1.29, 1.82) is 0 Å². The average molecular weight is 206 g/mol. The molecule has 1 rings (SSSR count). The van der Waals surface area contributed by atoms with Crippen LogP contribution in [0.3, 0.4) is 0 Å². The third-order valence-electron chi connectivity index (χ3n) is 1.86. The highest BCUT2D eigenvalue weighted by Gasteiger charge is 1.93. The lowest BCUT2D eigenvalue weighted by Gasteiger charge is -1.87. The molecule has 0 aromatic carbocycles. The quantitative estimate of drug-likeness (QED) is 0.418. The minimum absolute atomic E-state index is 0.753. The lowest BCUT2D eigenvalue weighted by molar-refractivity contribution is 0.112. The van der Waals surface area contributed by atoms with Crippen molar-refractivity contribution in [3.63, 3.8) is 0 Å². The van der Waals surface area contributed by atoms with Crippen LogP contribution in [0, 0.1) is 11.8 Å². The highest BCUT2D eigenvalue weighted by atomic mass is 32.1. The molecule has 0 aliphatic heterocycles. The lowest BCUT2D eigenvalue weighted by atomic mass is 10.2. The van der Waals surface area contributed by atoms with E-state index in [-0.39, 0.29) is 0 Å². The second kappa shape index (κ2) is 6.39. The highest BCUT2D eigenvalue weighted by molar-refractivity contribution is 7.14. The average Bonchev–Trinajstić information content (AvgIpc) is 2.65. The van der Waals surface area contributed by atoms with E-state index >= 15 is 0 Å². The van der Waals surface area contributed by atoms with Crippen molar-refractivity contribution >= 4 is 17.6 Å². The standard InChI is InChI=1S/C12H14OS/c1-2-3-4-5-6-7-11-8-9-12(10-13)14-11/h8-10H,2-5H2,1H3. The molecule has 0 amide bonds. The van der Waals surface area contributed by atoms with Crippen molar-refractivity contribution in [3.05, 3.63) is 21.9 Å². The molecule has 2 heteroatoms. The molecular weight excluding hydrogens is 192 g/mol. The Kier molecular flexibility index (Phi) is 5.03. The zero-order valence-electron chi connectivity index (χ0n) is 8.38. The molecule has 0 radical (unpaired) electrons. The van der Waals surface area contributed by atoms with E-state index in [1.165, 1.54) is 30.6 Å². The van der Waals surface area contributed by atoms with E-state index in [0.29, 0.717) is 0 Å². The first-order valence-electron chi connectivity index (χ1n) is 4.90. The van der Waals surface area contributed by atoms with E-state index < -0.39 is 0 Å². The molecule has 0 fully saturated rings. The summed E-state index contributed by atoms with van der Waals surface area (Å²) < 4.78 is 0. The van der Waals surface area contributed by atoms with Crippen LogP contribution in [0.15, 0.2) is 12.1 Å². The van der Waals surface area contributed by atoms with Gasteiger partial charge in [-0.15, -0.1) is 11.3 Å². The van der Waals surface area contributed by atoms with Gasteiger partial charge in [-0.2, -0.15) is 0 Å². The number of hydrogen-bond acceptors (Lipinski definition) is 2. The van der Waals surface area contributed by atoms with Crippen LogP contribution in [0.25, 0.3) is 0 Å². The third-order valence-corrected chi connectivity index (χ3v) is 2.79. The lowest BCUT2D eigenvalue weighted by Crippen LogP contribution is -1.71. The normalized spacial score (nSPS) is 9.21. The zero-order chi connectivity index (χ0) is 10.2. The first-order chi connectivity index (χ1) is 6.86. The van der Waals surface area contributed by atoms with Crippen molar-refractivity contribution in [1.82, 2.24) is 0 Å². The van der Waals surface area contributed by atoms with Gasteiger partial charge in [0, 0.05) is 6.42 Å². The summed E-state index contributed by atoms with van der Waals surface area (Å²) in [6.07, 6.45) is 5.49. The number of hydrogen-bond donors (Lipinski definition) is 0. The maximum absolute atomic E-state index is 10.4. The van der Waals surface area contributed by atoms with Gasteiger partial charge in [-0.05, 0) is 18.6 Å². The minimum atomic E-state index is 0.753. The first-order valence-corrected chi connectivity index (χ1v) is 5.72. The van der Waals surface area contributed by atoms with E-state index in [4.69, 9.17) is 0 Å². The van der Waals surface area contributed by atoms with Crippen LogP contribution < -0.4 is 0 Å². The second-order valence-electron chi connectivity index (χ2n) is 3.08. The SMILES string of the molecule is CCCCCC#Cc1ccc(C=O)s1. The summed E-state index contributed by atoms with van der Waals surface area (Å²) in [6, 6.07) is 3.72. The Morgan fingerprint density at radius 1 is 1.43 bits per heavy atom. The molecule has 0 spiro atoms. The van der Waals surface area contributed by atoms with Gasteiger partial charge in [-0.25, -0.2) is 0 Å². The van der Waals surface area contributed by atoms with Crippen molar-refractivity contribution < 1.29 is 4.79 Å². The third kappa shape index (κ3) is 3.76. The number of carbonyl (C=O) groups excluding carboxylic acids is 1. The fraction of sp³-hybridized carbons (Fsp3) is 0.417. The Labute approximate surface area is 89.2 Å². The predicted octanol–water partition coefficient (Wildman–Crippen LogP) is 3.49. The molecule has 1 aromatic heterocycles. The van der Waals surface area contributed by atoms with E-state index in [1.54, 1.807) is 0 Å². The molecule has 0 N–H and O–H groups in total. The Bertz CT molecular complexity index is 341. The van der Waals surface area contributed by atoms with Crippen LogP contribution in [0.4, 0.5) is 0 Å². The molecular formula is C12H14OS. The number of unbranched alkanes of at least 4 members (excludes halogenated alkanes) is 3. The van der Waals surface area contributed by atoms with Gasteiger partial charge in [-0.1, -0.05) is 31.6 Å². The molecule has 14 heavy (non-hydrogen) atoms. The molecule has 74 valence electrons. The van der Waals surface area contributed by atoms with Crippen molar-refractivity contribution in [2.45, 2.75) is 32.6 Å². The number of carbonyl (C=O) groups is 1. The molecule has 0 bridgehead atoms. The van der Waals surface area contributed by atoms with Gasteiger partial charge in [0.25, 0.3) is 0 Å². The fourth-order valence-electron chi connectivity index (χ4n) is 1.10. The summed E-state index contributed by atoms with van der Waals surface area (Å²) in [6.45, 7) is 2.18.